The van der Waals surface area contributed by atoms with Crippen LogP contribution in [-0.4, -0.2) is 26.1 Å². The lowest BCUT2D eigenvalue weighted by Gasteiger charge is -2.30. The van der Waals surface area contributed by atoms with Crippen molar-refractivity contribution >= 4 is 5.82 Å². The summed E-state index contributed by atoms with van der Waals surface area (Å²) >= 11 is 0. The molecular weight excluding hydrogens is 309 g/mol. The Morgan fingerprint density at radius 3 is 2.62 bits per heavy atom. The van der Waals surface area contributed by atoms with Gasteiger partial charge in [-0.05, 0) is 6.92 Å². The normalized spacial score (nSPS) is 14.7. The molecule has 24 heavy (non-hydrogen) atoms. The number of anilines is 1. The summed E-state index contributed by atoms with van der Waals surface area (Å²) in [5.41, 5.74) is 1.31. The van der Waals surface area contributed by atoms with E-state index in [0.29, 0.717) is 36.6 Å². The van der Waals surface area contributed by atoms with E-state index >= 15 is 0 Å². The van der Waals surface area contributed by atoms with Crippen LogP contribution >= 0.6 is 0 Å². The highest BCUT2D eigenvalue weighted by molar-refractivity contribution is 5.45. The van der Waals surface area contributed by atoms with Crippen LogP contribution in [-0.2, 0) is 25.4 Å². The molecule has 0 unspecified atom stereocenters. The SMILES string of the molecule is Cc1nc2c(c(=O)n1C)CN(c1ncnc(C(C)(C)C)c1F)CC2. The summed E-state index contributed by atoms with van der Waals surface area (Å²) in [4.78, 5) is 27.0. The Bertz CT molecular complexity index is 853. The van der Waals surface area contributed by atoms with Gasteiger partial charge in [0.25, 0.3) is 5.56 Å². The van der Waals surface area contributed by atoms with Crippen LogP contribution in [0.1, 0.15) is 43.5 Å². The topological polar surface area (TPSA) is 63.9 Å². The van der Waals surface area contributed by atoms with E-state index in [9.17, 15) is 9.18 Å². The summed E-state index contributed by atoms with van der Waals surface area (Å²) < 4.78 is 16.4. The zero-order chi connectivity index (χ0) is 17.6. The number of hydrogen-bond acceptors (Lipinski definition) is 5. The summed E-state index contributed by atoms with van der Waals surface area (Å²) in [6, 6.07) is 0. The number of fused-ring (bicyclic) bond motifs is 1. The summed E-state index contributed by atoms with van der Waals surface area (Å²) in [6.07, 6.45) is 1.99. The molecule has 7 heteroatoms. The zero-order valence-corrected chi connectivity index (χ0v) is 14.7. The Kier molecular flexibility index (Phi) is 3.89. The average Bonchev–Trinajstić information content (AvgIpc) is 2.52. The van der Waals surface area contributed by atoms with Gasteiger partial charge in [0.2, 0.25) is 0 Å². The van der Waals surface area contributed by atoms with Gasteiger partial charge in [0.05, 0.1) is 23.5 Å². The van der Waals surface area contributed by atoms with Crippen LogP contribution in [0.2, 0.25) is 0 Å². The number of aryl methyl sites for hydroxylation is 1. The first-order valence-corrected chi connectivity index (χ1v) is 8.01. The van der Waals surface area contributed by atoms with Crippen LogP contribution in [0.25, 0.3) is 0 Å². The molecule has 0 aliphatic carbocycles. The minimum absolute atomic E-state index is 0.0762. The van der Waals surface area contributed by atoms with Gasteiger partial charge in [-0.1, -0.05) is 20.8 Å². The van der Waals surface area contributed by atoms with Crippen molar-refractivity contribution in [3.05, 3.63) is 45.3 Å². The van der Waals surface area contributed by atoms with E-state index in [1.165, 1.54) is 10.9 Å². The first kappa shape index (κ1) is 16.5. The van der Waals surface area contributed by atoms with Crippen molar-refractivity contribution in [2.24, 2.45) is 7.05 Å². The molecule has 0 spiro atoms. The standard InChI is InChI=1S/C17H22FN5O/c1-10-21-12-6-7-23(8-11(12)16(24)22(10)5)15-13(18)14(17(2,3)4)19-9-20-15/h9H,6-8H2,1-5H3. The third kappa shape index (κ3) is 2.68. The predicted molar refractivity (Wildman–Crippen MR) is 89.7 cm³/mol. The van der Waals surface area contributed by atoms with Gasteiger partial charge in [0.1, 0.15) is 12.2 Å². The summed E-state index contributed by atoms with van der Waals surface area (Å²) in [5.74, 6) is 0.531. The van der Waals surface area contributed by atoms with Crippen molar-refractivity contribution in [3.63, 3.8) is 0 Å². The second-order valence-electron chi connectivity index (χ2n) is 7.23. The number of halogens is 1. The molecule has 0 fully saturated rings. The van der Waals surface area contributed by atoms with Gasteiger partial charge >= 0.3 is 0 Å². The largest absolute Gasteiger partial charge is 0.349 e. The van der Waals surface area contributed by atoms with Crippen LogP contribution in [0, 0.1) is 12.7 Å². The van der Waals surface area contributed by atoms with Crippen LogP contribution in [0.4, 0.5) is 10.2 Å². The van der Waals surface area contributed by atoms with E-state index in [0.717, 1.165) is 5.69 Å². The Balaban J connectivity index is 2.03. The molecule has 0 amide bonds. The minimum Gasteiger partial charge on any atom is -0.349 e. The van der Waals surface area contributed by atoms with E-state index in [1.807, 2.05) is 27.7 Å². The van der Waals surface area contributed by atoms with Crippen molar-refractivity contribution in [2.75, 3.05) is 11.4 Å². The second-order valence-corrected chi connectivity index (χ2v) is 7.23. The smallest absolute Gasteiger partial charge is 0.258 e. The molecule has 3 rings (SSSR count). The summed E-state index contributed by atoms with van der Waals surface area (Å²) in [5, 5.41) is 0. The van der Waals surface area contributed by atoms with Gasteiger partial charge in [-0.3, -0.25) is 9.36 Å². The maximum Gasteiger partial charge on any atom is 0.258 e. The van der Waals surface area contributed by atoms with Crippen LogP contribution in [0.5, 0.6) is 0 Å². The molecule has 2 aromatic heterocycles. The van der Waals surface area contributed by atoms with E-state index in [4.69, 9.17) is 0 Å². The van der Waals surface area contributed by atoms with Gasteiger partial charge in [-0.25, -0.2) is 19.3 Å². The lowest BCUT2D eigenvalue weighted by molar-refractivity contribution is 0.493. The lowest BCUT2D eigenvalue weighted by atomic mass is 9.91. The highest BCUT2D eigenvalue weighted by atomic mass is 19.1. The Labute approximate surface area is 140 Å². The fourth-order valence-electron chi connectivity index (χ4n) is 2.97. The zero-order valence-electron chi connectivity index (χ0n) is 14.7. The van der Waals surface area contributed by atoms with Crippen molar-refractivity contribution in [1.82, 2.24) is 19.5 Å². The van der Waals surface area contributed by atoms with Crippen LogP contribution < -0.4 is 10.5 Å². The molecule has 3 heterocycles. The highest BCUT2D eigenvalue weighted by Crippen LogP contribution is 2.29. The van der Waals surface area contributed by atoms with Crippen molar-refractivity contribution in [1.29, 1.82) is 0 Å². The fraction of sp³-hybridized carbons (Fsp3) is 0.529. The molecule has 0 saturated heterocycles. The quantitative estimate of drug-likeness (QED) is 0.798. The Morgan fingerprint density at radius 1 is 1.25 bits per heavy atom. The molecule has 0 saturated carbocycles. The fourth-order valence-corrected chi connectivity index (χ4v) is 2.97. The van der Waals surface area contributed by atoms with Crippen molar-refractivity contribution in [3.8, 4) is 0 Å². The number of nitrogens with zero attached hydrogens (tertiary/aromatic N) is 5. The molecule has 0 radical (unpaired) electrons. The molecular formula is C17H22FN5O. The van der Waals surface area contributed by atoms with E-state index in [2.05, 4.69) is 15.0 Å². The molecule has 1 aliphatic heterocycles. The Hall–Kier alpha value is -2.31. The molecule has 0 aromatic carbocycles. The first-order valence-electron chi connectivity index (χ1n) is 8.01. The molecule has 128 valence electrons. The molecule has 0 bridgehead atoms. The third-order valence-electron chi connectivity index (χ3n) is 4.44. The van der Waals surface area contributed by atoms with E-state index in [-0.39, 0.29) is 11.4 Å². The van der Waals surface area contributed by atoms with E-state index in [1.54, 1.807) is 11.9 Å². The Morgan fingerprint density at radius 2 is 1.96 bits per heavy atom. The lowest BCUT2D eigenvalue weighted by Crippen LogP contribution is -2.39. The third-order valence-corrected chi connectivity index (χ3v) is 4.44. The van der Waals surface area contributed by atoms with Crippen LogP contribution in [0.3, 0.4) is 0 Å². The van der Waals surface area contributed by atoms with Gasteiger partial charge in [0.15, 0.2) is 11.6 Å². The average molecular weight is 331 g/mol. The second kappa shape index (κ2) is 5.65. The molecule has 6 nitrogen and oxygen atoms in total. The van der Waals surface area contributed by atoms with Crippen molar-refractivity contribution in [2.45, 2.75) is 46.1 Å². The minimum atomic E-state index is -0.412. The molecule has 0 atom stereocenters. The maximum atomic E-state index is 14.9. The monoisotopic (exact) mass is 331 g/mol. The van der Waals surface area contributed by atoms with Gasteiger partial charge in [-0.2, -0.15) is 0 Å². The number of aromatic nitrogens is 4. The van der Waals surface area contributed by atoms with E-state index < -0.39 is 11.2 Å². The first-order chi connectivity index (χ1) is 11.2. The summed E-state index contributed by atoms with van der Waals surface area (Å²) in [6.45, 7) is 8.44. The maximum absolute atomic E-state index is 14.9. The molecule has 0 N–H and O–H groups in total. The van der Waals surface area contributed by atoms with Crippen molar-refractivity contribution < 1.29 is 4.39 Å². The molecule has 2 aromatic rings. The number of hydrogen-bond donors (Lipinski definition) is 0. The van der Waals surface area contributed by atoms with Gasteiger partial charge in [-0.15, -0.1) is 0 Å². The predicted octanol–water partition coefficient (Wildman–Crippen LogP) is 1.88. The molecule has 1 aliphatic rings. The van der Waals surface area contributed by atoms with Gasteiger partial charge in [0, 0.05) is 25.4 Å². The van der Waals surface area contributed by atoms with Crippen LogP contribution in [0.15, 0.2) is 11.1 Å². The number of rotatable bonds is 1. The van der Waals surface area contributed by atoms with Gasteiger partial charge < -0.3 is 4.90 Å². The highest BCUT2D eigenvalue weighted by Gasteiger charge is 2.28. The summed E-state index contributed by atoms with van der Waals surface area (Å²) in [7, 11) is 1.70.